The average Bonchev–Trinajstić information content (AvgIpc) is 3.37. The van der Waals surface area contributed by atoms with Crippen LogP contribution in [-0.2, 0) is 25.7 Å². The summed E-state index contributed by atoms with van der Waals surface area (Å²) >= 11 is 0. The van der Waals surface area contributed by atoms with Crippen molar-refractivity contribution >= 4 is 0 Å². The normalized spacial score (nSPS) is 13.5. The molecule has 0 N–H and O–H groups in total. The standard InChI is InChI=1S/C30H40F3N3O2/c1-3-5-6-7-8-9-10-11-12-16-28-34-29(38-35-28)26-19-17-24(18-20-26)22-36(37,4-2)23-25-14-13-15-27(21-25)30(31,32)33/h13-15,17-21H,3-12,16,22-23H2,1-2H3. The number of benzene rings is 2. The van der Waals surface area contributed by atoms with Gasteiger partial charge in [-0.15, -0.1) is 0 Å². The number of quaternary nitrogens is 1. The van der Waals surface area contributed by atoms with E-state index in [9.17, 15) is 18.4 Å². The number of alkyl halides is 3. The van der Waals surface area contributed by atoms with Gasteiger partial charge < -0.3 is 14.4 Å². The number of halogens is 3. The molecule has 0 amide bonds. The van der Waals surface area contributed by atoms with Crippen molar-refractivity contribution in [2.45, 2.75) is 97.3 Å². The third-order valence-electron chi connectivity index (χ3n) is 6.94. The molecule has 38 heavy (non-hydrogen) atoms. The highest BCUT2D eigenvalue weighted by Crippen LogP contribution is 2.30. The van der Waals surface area contributed by atoms with E-state index in [0.717, 1.165) is 36.1 Å². The van der Waals surface area contributed by atoms with Gasteiger partial charge >= 0.3 is 6.18 Å². The van der Waals surface area contributed by atoms with E-state index in [-0.39, 0.29) is 19.6 Å². The van der Waals surface area contributed by atoms with Gasteiger partial charge in [-0.25, -0.2) is 0 Å². The van der Waals surface area contributed by atoms with Crippen molar-refractivity contribution in [2.24, 2.45) is 0 Å². The van der Waals surface area contributed by atoms with E-state index < -0.39 is 16.4 Å². The lowest BCUT2D eigenvalue weighted by Crippen LogP contribution is -2.40. The fourth-order valence-corrected chi connectivity index (χ4v) is 4.61. The Morgan fingerprint density at radius 2 is 1.45 bits per heavy atom. The van der Waals surface area contributed by atoms with Gasteiger partial charge in [-0.3, -0.25) is 0 Å². The van der Waals surface area contributed by atoms with Crippen molar-refractivity contribution < 1.29 is 22.3 Å². The number of hydroxylamine groups is 3. The van der Waals surface area contributed by atoms with E-state index >= 15 is 0 Å². The maximum atomic E-state index is 13.4. The predicted molar refractivity (Wildman–Crippen MR) is 144 cm³/mol. The van der Waals surface area contributed by atoms with Crippen molar-refractivity contribution in [2.75, 3.05) is 6.54 Å². The predicted octanol–water partition coefficient (Wildman–Crippen LogP) is 8.86. The first-order valence-corrected chi connectivity index (χ1v) is 13.9. The first kappa shape index (κ1) is 29.8. The topological polar surface area (TPSA) is 62.0 Å². The zero-order chi connectivity index (χ0) is 27.4. The fourth-order valence-electron chi connectivity index (χ4n) is 4.61. The Bertz CT molecular complexity index is 1100. The Balaban J connectivity index is 1.49. The molecule has 0 saturated carbocycles. The molecule has 0 spiro atoms. The van der Waals surface area contributed by atoms with Crippen molar-refractivity contribution in [3.8, 4) is 11.5 Å². The molecule has 0 aliphatic carbocycles. The van der Waals surface area contributed by atoms with Crippen LogP contribution in [0, 0.1) is 5.21 Å². The first-order valence-electron chi connectivity index (χ1n) is 13.9. The Kier molecular flexibility index (Phi) is 11.3. The van der Waals surface area contributed by atoms with Gasteiger partial charge in [0.1, 0.15) is 13.1 Å². The lowest BCUT2D eigenvalue weighted by molar-refractivity contribution is -0.905. The third kappa shape index (κ3) is 9.55. The van der Waals surface area contributed by atoms with Gasteiger partial charge in [0.05, 0.1) is 12.1 Å². The summed E-state index contributed by atoms with van der Waals surface area (Å²) in [5.74, 6) is 1.15. The lowest BCUT2D eigenvalue weighted by Gasteiger charge is -2.42. The fraction of sp³-hybridized carbons (Fsp3) is 0.533. The second-order valence-electron chi connectivity index (χ2n) is 10.2. The van der Waals surface area contributed by atoms with E-state index in [0.29, 0.717) is 17.3 Å². The van der Waals surface area contributed by atoms with E-state index in [1.807, 2.05) is 24.3 Å². The van der Waals surface area contributed by atoms with E-state index in [4.69, 9.17) is 4.52 Å². The van der Waals surface area contributed by atoms with E-state index in [2.05, 4.69) is 17.1 Å². The summed E-state index contributed by atoms with van der Waals surface area (Å²) in [6.45, 7) is 4.35. The molecule has 1 aromatic heterocycles. The summed E-state index contributed by atoms with van der Waals surface area (Å²) < 4.78 is 44.0. The highest BCUT2D eigenvalue weighted by atomic mass is 19.4. The van der Waals surface area contributed by atoms with E-state index in [1.165, 1.54) is 57.4 Å². The van der Waals surface area contributed by atoms with Gasteiger partial charge in [-0.2, -0.15) is 18.2 Å². The summed E-state index contributed by atoms with van der Waals surface area (Å²) in [4.78, 5) is 4.52. The number of hydrogen-bond donors (Lipinski definition) is 0. The summed E-state index contributed by atoms with van der Waals surface area (Å²) in [6, 6.07) is 12.4. The minimum Gasteiger partial charge on any atom is -0.632 e. The number of nitrogens with zero attached hydrogens (tertiary/aromatic N) is 3. The smallest absolute Gasteiger partial charge is 0.416 e. The summed E-state index contributed by atoms with van der Waals surface area (Å²) in [7, 11) is 0. The van der Waals surface area contributed by atoms with Crippen LogP contribution < -0.4 is 0 Å². The molecule has 1 unspecified atom stereocenters. The van der Waals surface area contributed by atoms with E-state index in [1.54, 1.807) is 13.0 Å². The van der Waals surface area contributed by atoms with Crippen LogP contribution in [-0.4, -0.2) is 21.3 Å². The second kappa shape index (κ2) is 14.4. The molecule has 0 radical (unpaired) electrons. The van der Waals surface area contributed by atoms with Gasteiger partial charge in [-0.1, -0.05) is 87.7 Å². The van der Waals surface area contributed by atoms with Crippen LogP contribution in [0.25, 0.3) is 11.5 Å². The maximum absolute atomic E-state index is 13.4. The van der Waals surface area contributed by atoms with Gasteiger partial charge in [0.2, 0.25) is 0 Å². The quantitative estimate of drug-likeness (QED) is 0.105. The van der Waals surface area contributed by atoms with Crippen LogP contribution in [0.2, 0.25) is 0 Å². The number of rotatable bonds is 16. The monoisotopic (exact) mass is 531 g/mol. The maximum Gasteiger partial charge on any atom is 0.416 e. The van der Waals surface area contributed by atoms with Crippen molar-refractivity contribution in [3.05, 3.63) is 76.3 Å². The zero-order valence-corrected chi connectivity index (χ0v) is 22.6. The molecule has 3 aromatic rings. The van der Waals surface area contributed by atoms with Crippen molar-refractivity contribution in [1.29, 1.82) is 0 Å². The molecule has 2 aromatic carbocycles. The van der Waals surface area contributed by atoms with Crippen LogP contribution in [0.1, 0.15) is 94.1 Å². The molecular weight excluding hydrogens is 491 g/mol. The minimum absolute atomic E-state index is 0.0337. The minimum atomic E-state index is -4.43. The highest BCUT2D eigenvalue weighted by Gasteiger charge is 2.31. The molecule has 0 saturated heterocycles. The second-order valence-corrected chi connectivity index (χ2v) is 10.2. The summed E-state index contributed by atoms with van der Waals surface area (Å²) in [5, 5.41) is 17.5. The first-order chi connectivity index (χ1) is 18.2. The van der Waals surface area contributed by atoms with Gasteiger partial charge in [0, 0.05) is 23.1 Å². The van der Waals surface area contributed by atoms with Crippen molar-refractivity contribution in [3.63, 3.8) is 0 Å². The van der Waals surface area contributed by atoms with Crippen LogP contribution in [0.5, 0.6) is 0 Å². The average molecular weight is 532 g/mol. The van der Waals surface area contributed by atoms with Crippen LogP contribution in [0.3, 0.4) is 0 Å². The lowest BCUT2D eigenvalue weighted by atomic mass is 10.1. The molecule has 208 valence electrons. The Morgan fingerprint density at radius 3 is 2.08 bits per heavy atom. The summed E-state index contributed by atoms with van der Waals surface area (Å²) in [5.41, 5.74) is 1.21. The molecule has 8 heteroatoms. The largest absolute Gasteiger partial charge is 0.632 e. The number of aryl methyl sites for hydroxylation is 1. The van der Waals surface area contributed by atoms with Gasteiger partial charge in [0.25, 0.3) is 5.89 Å². The molecular formula is C30H40F3N3O2. The zero-order valence-electron chi connectivity index (χ0n) is 22.6. The molecule has 3 rings (SSSR count). The molecule has 1 atom stereocenters. The number of unbranched alkanes of at least 4 members (excludes halogenated alkanes) is 8. The Hall–Kier alpha value is -2.71. The molecule has 1 heterocycles. The Morgan fingerprint density at radius 1 is 0.816 bits per heavy atom. The SMILES string of the molecule is CCCCCCCCCCCc1noc(-c2ccc(C[N+]([O-])(CC)Cc3cccc(C(F)(F)F)c3)cc2)n1. The van der Waals surface area contributed by atoms with Crippen LogP contribution in [0.4, 0.5) is 13.2 Å². The Labute approximate surface area is 224 Å². The molecule has 5 nitrogen and oxygen atoms in total. The van der Waals surface area contributed by atoms with Crippen molar-refractivity contribution in [1.82, 2.24) is 10.1 Å². The molecule has 0 aliphatic rings. The van der Waals surface area contributed by atoms with Gasteiger partial charge in [-0.05, 0) is 37.6 Å². The summed E-state index contributed by atoms with van der Waals surface area (Å²) in [6.07, 6.45) is 7.71. The van der Waals surface area contributed by atoms with Gasteiger partial charge in [0.15, 0.2) is 5.82 Å². The third-order valence-corrected chi connectivity index (χ3v) is 6.94. The molecule has 0 bridgehead atoms. The number of hydrogen-bond acceptors (Lipinski definition) is 4. The van der Waals surface area contributed by atoms with Crippen LogP contribution >= 0.6 is 0 Å². The van der Waals surface area contributed by atoms with Crippen LogP contribution in [0.15, 0.2) is 53.1 Å². The molecule has 0 fully saturated rings. The highest BCUT2D eigenvalue weighted by molar-refractivity contribution is 5.53. The number of aromatic nitrogens is 2. The molecule has 0 aliphatic heterocycles.